The Kier molecular flexibility index (Phi) is 5.16. The molecule has 23 heavy (non-hydrogen) atoms. The molecule has 3 heterocycles. The Labute approximate surface area is 140 Å². The number of aromatic nitrogens is 2. The van der Waals surface area contributed by atoms with Crippen LogP contribution in [0.25, 0.3) is 5.82 Å². The summed E-state index contributed by atoms with van der Waals surface area (Å²) in [6.07, 6.45) is 8.38. The van der Waals surface area contributed by atoms with Crippen LogP contribution in [0, 0.1) is 13.8 Å². The van der Waals surface area contributed by atoms with Gasteiger partial charge < -0.3 is 4.57 Å². The molecule has 0 radical (unpaired) electrons. The monoisotopic (exact) mass is 311 g/mol. The molecule has 1 aliphatic rings. The van der Waals surface area contributed by atoms with E-state index in [9.17, 15) is 0 Å². The number of hydrogen-bond acceptors (Lipinski definition) is 2. The summed E-state index contributed by atoms with van der Waals surface area (Å²) in [5.41, 5.74) is 3.92. The maximum Gasteiger partial charge on any atom is 0.141 e. The molecular weight excluding hydrogens is 282 g/mol. The molecule has 1 fully saturated rings. The molecule has 2 aromatic heterocycles. The summed E-state index contributed by atoms with van der Waals surface area (Å²) < 4.78 is 2.31. The summed E-state index contributed by atoms with van der Waals surface area (Å²) in [5, 5.41) is 0. The van der Waals surface area contributed by atoms with Crippen molar-refractivity contribution in [3.8, 4) is 5.82 Å². The van der Waals surface area contributed by atoms with Crippen LogP contribution in [-0.2, 0) is 0 Å². The summed E-state index contributed by atoms with van der Waals surface area (Å²) in [6, 6.07) is 9.27. The molecular formula is C20H29N3. The zero-order valence-corrected chi connectivity index (χ0v) is 14.8. The third-order valence-corrected chi connectivity index (χ3v) is 5.07. The lowest BCUT2D eigenvalue weighted by Gasteiger charge is -2.36. The lowest BCUT2D eigenvalue weighted by atomic mass is 9.95. The first-order chi connectivity index (χ1) is 11.2. The fraction of sp³-hybridized carbons (Fsp3) is 0.550. The Balaban J connectivity index is 1.99. The maximum absolute atomic E-state index is 4.77. The van der Waals surface area contributed by atoms with E-state index in [2.05, 4.69) is 54.5 Å². The van der Waals surface area contributed by atoms with Crippen LogP contribution in [-0.4, -0.2) is 27.5 Å². The molecule has 124 valence electrons. The van der Waals surface area contributed by atoms with Gasteiger partial charge in [-0.3, -0.25) is 4.90 Å². The molecule has 1 atom stereocenters. The van der Waals surface area contributed by atoms with Crippen molar-refractivity contribution in [2.45, 2.75) is 58.9 Å². The van der Waals surface area contributed by atoms with Crippen molar-refractivity contribution in [1.82, 2.24) is 14.5 Å². The largest absolute Gasteiger partial charge is 0.303 e. The van der Waals surface area contributed by atoms with Crippen LogP contribution in [0.4, 0.5) is 0 Å². The van der Waals surface area contributed by atoms with Crippen molar-refractivity contribution in [2.24, 2.45) is 0 Å². The fourth-order valence-corrected chi connectivity index (χ4v) is 3.83. The van der Waals surface area contributed by atoms with Gasteiger partial charge in [0.25, 0.3) is 0 Å². The van der Waals surface area contributed by atoms with Crippen LogP contribution in [0.15, 0.2) is 30.5 Å². The molecule has 2 aromatic rings. The highest BCUT2D eigenvalue weighted by atomic mass is 15.2. The number of piperidine rings is 1. The smallest absolute Gasteiger partial charge is 0.141 e. The summed E-state index contributed by atoms with van der Waals surface area (Å²) in [4.78, 5) is 7.45. The number of rotatable bonds is 5. The van der Waals surface area contributed by atoms with Gasteiger partial charge in [-0.2, -0.15) is 0 Å². The molecule has 0 amide bonds. The Hall–Kier alpha value is -1.61. The van der Waals surface area contributed by atoms with Crippen molar-refractivity contribution < 1.29 is 0 Å². The quantitative estimate of drug-likeness (QED) is 0.789. The van der Waals surface area contributed by atoms with Gasteiger partial charge in [0.1, 0.15) is 5.82 Å². The SMILES string of the molecule is CCCCN1CCCC[C@H]1c1cccnc1-n1c(C)ccc1C. The van der Waals surface area contributed by atoms with Crippen LogP contribution in [0.3, 0.4) is 0 Å². The van der Waals surface area contributed by atoms with Gasteiger partial charge in [-0.05, 0) is 64.4 Å². The predicted molar refractivity (Wildman–Crippen MR) is 96.1 cm³/mol. The second-order valence-electron chi connectivity index (χ2n) is 6.77. The van der Waals surface area contributed by atoms with E-state index in [4.69, 9.17) is 4.98 Å². The van der Waals surface area contributed by atoms with E-state index in [1.54, 1.807) is 0 Å². The molecule has 0 spiro atoms. The van der Waals surface area contributed by atoms with E-state index in [0.29, 0.717) is 6.04 Å². The second-order valence-corrected chi connectivity index (χ2v) is 6.77. The number of hydrogen-bond donors (Lipinski definition) is 0. The van der Waals surface area contributed by atoms with Crippen molar-refractivity contribution in [2.75, 3.05) is 13.1 Å². The molecule has 0 bridgehead atoms. The third kappa shape index (κ3) is 3.35. The zero-order chi connectivity index (χ0) is 16.2. The lowest BCUT2D eigenvalue weighted by Crippen LogP contribution is -2.35. The van der Waals surface area contributed by atoms with E-state index in [1.165, 1.54) is 62.1 Å². The minimum Gasteiger partial charge on any atom is -0.303 e. The average Bonchev–Trinajstić information content (AvgIpc) is 2.92. The molecule has 0 unspecified atom stereocenters. The van der Waals surface area contributed by atoms with Crippen LogP contribution in [0.2, 0.25) is 0 Å². The Morgan fingerprint density at radius 1 is 1.13 bits per heavy atom. The lowest BCUT2D eigenvalue weighted by molar-refractivity contribution is 0.146. The van der Waals surface area contributed by atoms with Crippen molar-refractivity contribution >= 4 is 0 Å². The highest BCUT2D eigenvalue weighted by Gasteiger charge is 2.26. The van der Waals surface area contributed by atoms with Crippen LogP contribution in [0.1, 0.15) is 62.0 Å². The summed E-state index contributed by atoms with van der Waals surface area (Å²) >= 11 is 0. The van der Waals surface area contributed by atoms with E-state index in [0.717, 1.165) is 5.82 Å². The first kappa shape index (κ1) is 16.3. The Bertz CT molecular complexity index is 625. The number of aryl methyl sites for hydroxylation is 2. The van der Waals surface area contributed by atoms with Crippen molar-refractivity contribution in [3.05, 3.63) is 47.4 Å². The van der Waals surface area contributed by atoms with Gasteiger partial charge >= 0.3 is 0 Å². The van der Waals surface area contributed by atoms with Gasteiger partial charge in [0.2, 0.25) is 0 Å². The van der Waals surface area contributed by atoms with E-state index in [-0.39, 0.29) is 0 Å². The minimum absolute atomic E-state index is 0.514. The van der Waals surface area contributed by atoms with Gasteiger partial charge in [0, 0.05) is 29.2 Å². The zero-order valence-electron chi connectivity index (χ0n) is 14.8. The van der Waals surface area contributed by atoms with E-state index in [1.807, 2.05) is 6.20 Å². The highest BCUT2D eigenvalue weighted by Crippen LogP contribution is 2.34. The summed E-state index contributed by atoms with van der Waals surface area (Å²) in [5.74, 6) is 1.13. The number of likely N-dealkylation sites (tertiary alicyclic amines) is 1. The normalized spacial score (nSPS) is 19.2. The van der Waals surface area contributed by atoms with Crippen LogP contribution in [0.5, 0.6) is 0 Å². The predicted octanol–water partition coefficient (Wildman–Crippen LogP) is 4.82. The first-order valence-electron chi connectivity index (χ1n) is 9.06. The summed E-state index contributed by atoms with van der Waals surface area (Å²) in [7, 11) is 0. The molecule has 3 rings (SSSR count). The number of nitrogens with zero attached hydrogens (tertiary/aromatic N) is 3. The van der Waals surface area contributed by atoms with Gasteiger partial charge in [-0.15, -0.1) is 0 Å². The molecule has 0 aliphatic carbocycles. The first-order valence-corrected chi connectivity index (χ1v) is 9.06. The molecule has 0 aromatic carbocycles. The van der Waals surface area contributed by atoms with Gasteiger partial charge in [-0.1, -0.05) is 25.8 Å². The number of unbranched alkanes of at least 4 members (excludes halogenated alkanes) is 1. The maximum atomic E-state index is 4.77. The van der Waals surface area contributed by atoms with Crippen LogP contribution < -0.4 is 0 Å². The fourth-order valence-electron chi connectivity index (χ4n) is 3.83. The topological polar surface area (TPSA) is 21.1 Å². The van der Waals surface area contributed by atoms with E-state index >= 15 is 0 Å². The molecule has 0 N–H and O–H groups in total. The van der Waals surface area contributed by atoms with Crippen molar-refractivity contribution in [1.29, 1.82) is 0 Å². The van der Waals surface area contributed by atoms with Crippen LogP contribution >= 0.6 is 0 Å². The Morgan fingerprint density at radius 2 is 1.91 bits per heavy atom. The molecule has 0 saturated carbocycles. The van der Waals surface area contributed by atoms with Gasteiger partial charge in [0.15, 0.2) is 0 Å². The number of pyridine rings is 1. The molecule has 1 saturated heterocycles. The Morgan fingerprint density at radius 3 is 2.65 bits per heavy atom. The standard InChI is InChI=1S/C20H29N3/c1-4-5-14-22-15-7-6-10-19(22)18-9-8-13-21-20(18)23-16(2)11-12-17(23)3/h8-9,11-13,19H,4-7,10,14-15H2,1-3H3/t19-/m0/s1. The highest BCUT2D eigenvalue weighted by molar-refractivity contribution is 5.40. The molecule has 1 aliphatic heterocycles. The average molecular weight is 311 g/mol. The van der Waals surface area contributed by atoms with Gasteiger partial charge in [0.05, 0.1) is 0 Å². The summed E-state index contributed by atoms with van der Waals surface area (Å²) in [6.45, 7) is 9.05. The second kappa shape index (κ2) is 7.31. The minimum atomic E-state index is 0.514. The van der Waals surface area contributed by atoms with E-state index < -0.39 is 0 Å². The third-order valence-electron chi connectivity index (χ3n) is 5.07. The molecule has 3 heteroatoms. The molecule has 3 nitrogen and oxygen atoms in total. The van der Waals surface area contributed by atoms with Gasteiger partial charge in [-0.25, -0.2) is 4.98 Å². The van der Waals surface area contributed by atoms with Crippen molar-refractivity contribution in [3.63, 3.8) is 0 Å².